The molecular formula is C16H23BrO2S. The predicted octanol–water partition coefficient (Wildman–Crippen LogP) is 4.98. The Kier molecular flexibility index (Phi) is 4.56. The van der Waals surface area contributed by atoms with Crippen molar-refractivity contribution in [1.82, 2.24) is 0 Å². The van der Waals surface area contributed by atoms with Gasteiger partial charge in [0.05, 0.1) is 15.5 Å². The zero-order valence-electron chi connectivity index (χ0n) is 12.0. The van der Waals surface area contributed by atoms with Crippen LogP contribution in [0.4, 0.5) is 0 Å². The third kappa shape index (κ3) is 2.99. The van der Waals surface area contributed by atoms with Crippen LogP contribution < -0.4 is 0 Å². The Hall–Kier alpha value is 0.100. The standard InChI is InChI=1S/C16H23BrO2S/c1-11-9-13(20-15(11)17)14(18)12-5-8-19-16(10-12)6-3-2-4-7-16/h9,12,14,18H,2-8,10H2,1H3. The van der Waals surface area contributed by atoms with Gasteiger partial charge in [-0.3, -0.25) is 0 Å². The fourth-order valence-electron chi connectivity index (χ4n) is 3.74. The van der Waals surface area contributed by atoms with Crippen LogP contribution in [0.3, 0.4) is 0 Å². The van der Waals surface area contributed by atoms with Gasteiger partial charge in [0, 0.05) is 11.5 Å². The van der Waals surface area contributed by atoms with E-state index in [2.05, 4.69) is 28.9 Å². The number of aryl methyl sites for hydroxylation is 1. The predicted molar refractivity (Wildman–Crippen MR) is 86.2 cm³/mol. The van der Waals surface area contributed by atoms with Crippen molar-refractivity contribution >= 4 is 27.3 Å². The summed E-state index contributed by atoms with van der Waals surface area (Å²) in [5, 5.41) is 10.7. The van der Waals surface area contributed by atoms with Crippen LogP contribution in [-0.2, 0) is 4.74 Å². The molecule has 1 aromatic heterocycles. The number of halogens is 1. The molecule has 2 heterocycles. The molecule has 1 saturated heterocycles. The van der Waals surface area contributed by atoms with E-state index < -0.39 is 0 Å². The van der Waals surface area contributed by atoms with Crippen LogP contribution in [0, 0.1) is 12.8 Å². The molecule has 2 unspecified atom stereocenters. The van der Waals surface area contributed by atoms with E-state index in [9.17, 15) is 5.11 Å². The molecule has 20 heavy (non-hydrogen) atoms. The SMILES string of the molecule is Cc1cc(C(O)C2CCOC3(CCCCC3)C2)sc1Br. The quantitative estimate of drug-likeness (QED) is 0.807. The van der Waals surface area contributed by atoms with Crippen molar-refractivity contribution in [3.8, 4) is 0 Å². The second kappa shape index (κ2) is 6.07. The number of thiophene rings is 1. The first kappa shape index (κ1) is 15.0. The van der Waals surface area contributed by atoms with E-state index in [0.29, 0.717) is 5.92 Å². The Bertz CT molecular complexity index is 440. The van der Waals surface area contributed by atoms with Crippen LogP contribution in [0.5, 0.6) is 0 Å². The Morgan fingerprint density at radius 2 is 2.15 bits per heavy atom. The van der Waals surface area contributed by atoms with E-state index in [0.717, 1.165) is 28.1 Å². The van der Waals surface area contributed by atoms with E-state index in [-0.39, 0.29) is 11.7 Å². The molecule has 1 aliphatic heterocycles. The van der Waals surface area contributed by atoms with Crippen molar-refractivity contribution in [3.63, 3.8) is 0 Å². The first-order chi connectivity index (χ1) is 9.60. The number of rotatable bonds is 2. The lowest BCUT2D eigenvalue weighted by molar-refractivity contribution is -0.133. The summed E-state index contributed by atoms with van der Waals surface area (Å²) < 4.78 is 7.28. The molecule has 1 aliphatic carbocycles. The molecule has 1 saturated carbocycles. The van der Waals surface area contributed by atoms with Crippen LogP contribution in [0.2, 0.25) is 0 Å². The van der Waals surface area contributed by atoms with Gasteiger partial charge in [0.2, 0.25) is 0 Å². The van der Waals surface area contributed by atoms with Gasteiger partial charge in [-0.15, -0.1) is 11.3 Å². The molecule has 112 valence electrons. The largest absolute Gasteiger partial charge is 0.387 e. The van der Waals surface area contributed by atoms with E-state index >= 15 is 0 Å². The molecule has 1 spiro atoms. The van der Waals surface area contributed by atoms with Gasteiger partial charge in [-0.05, 0) is 66.1 Å². The Labute approximate surface area is 133 Å². The van der Waals surface area contributed by atoms with Gasteiger partial charge in [0.25, 0.3) is 0 Å². The minimum atomic E-state index is -0.326. The minimum absolute atomic E-state index is 0.0751. The Balaban J connectivity index is 1.72. The summed E-state index contributed by atoms with van der Waals surface area (Å²) in [4.78, 5) is 1.10. The average molecular weight is 359 g/mol. The van der Waals surface area contributed by atoms with E-state index in [4.69, 9.17) is 4.74 Å². The van der Waals surface area contributed by atoms with Crippen molar-refractivity contribution in [2.75, 3.05) is 6.61 Å². The summed E-state index contributed by atoms with van der Waals surface area (Å²) in [6, 6.07) is 2.13. The summed E-state index contributed by atoms with van der Waals surface area (Å²) in [6.45, 7) is 2.90. The fourth-order valence-corrected chi connectivity index (χ4v) is 5.39. The van der Waals surface area contributed by atoms with Crippen molar-refractivity contribution < 1.29 is 9.84 Å². The molecule has 4 heteroatoms. The maximum atomic E-state index is 10.7. The molecule has 0 bridgehead atoms. The number of aliphatic hydroxyl groups excluding tert-OH is 1. The van der Waals surface area contributed by atoms with Crippen LogP contribution in [0.15, 0.2) is 9.85 Å². The third-order valence-corrected chi connectivity index (χ3v) is 7.12. The molecular weight excluding hydrogens is 336 g/mol. The molecule has 1 N–H and O–H groups in total. The van der Waals surface area contributed by atoms with E-state index in [1.165, 1.54) is 37.7 Å². The van der Waals surface area contributed by atoms with Crippen molar-refractivity contribution in [2.45, 2.75) is 63.6 Å². The Morgan fingerprint density at radius 3 is 2.80 bits per heavy atom. The highest BCUT2D eigenvalue weighted by Crippen LogP contribution is 2.45. The van der Waals surface area contributed by atoms with Gasteiger partial charge >= 0.3 is 0 Å². The summed E-state index contributed by atoms with van der Waals surface area (Å²) in [5.74, 6) is 0.354. The highest BCUT2D eigenvalue weighted by Gasteiger charge is 2.41. The smallest absolute Gasteiger partial charge is 0.0912 e. The van der Waals surface area contributed by atoms with Gasteiger partial charge in [-0.2, -0.15) is 0 Å². The summed E-state index contributed by atoms with van der Waals surface area (Å²) in [7, 11) is 0. The fraction of sp³-hybridized carbons (Fsp3) is 0.750. The lowest BCUT2D eigenvalue weighted by Crippen LogP contribution is -2.42. The van der Waals surface area contributed by atoms with Crippen LogP contribution in [0.1, 0.15) is 61.5 Å². The highest BCUT2D eigenvalue weighted by molar-refractivity contribution is 9.11. The van der Waals surface area contributed by atoms with E-state index in [1.54, 1.807) is 11.3 Å². The monoisotopic (exact) mass is 358 g/mol. The second-order valence-corrected chi connectivity index (χ2v) is 8.80. The van der Waals surface area contributed by atoms with E-state index in [1.807, 2.05) is 0 Å². The summed E-state index contributed by atoms with van der Waals surface area (Å²) in [6.07, 6.45) is 7.97. The second-order valence-electron chi connectivity index (χ2n) is 6.40. The van der Waals surface area contributed by atoms with Gasteiger partial charge in [0.15, 0.2) is 0 Å². The maximum Gasteiger partial charge on any atom is 0.0912 e. The third-order valence-electron chi connectivity index (χ3n) is 4.91. The van der Waals surface area contributed by atoms with Gasteiger partial charge in [-0.1, -0.05) is 19.3 Å². The molecule has 2 aliphatic rings. The lowest BCUT2D eigenvalue weighted by atomic mass is 9.74. The number of ether oxygens (including phenoxy) is 1. The van der Waals surface area contributed by atoms with Gasteiger partial charge in [0.1, 0.15) is 0 Å². The summed E-state index contributed by atoms with van der Waals surface area (Å²) in [5.41, 5.74) is 1.30. The van der Waals surface area contributed by atoms with Gasteiger partial charge < -0.3 is 9.84 Å². The lowest BCUT2D eigenvalue weighted by Gasteiger charge is -2.44. The Morgan fingerprint density at radius 1 is 1.40 bits per heavy atom. The topological polar surface area (TPSA) is 29.5 Å². The number of hydrogen-bond donors (Lipinski definition) is 1. The zero-order valence-corrected chi connectivity index (χ0v) is 14.4. The normalized spacial score (nSPS) is 27.6. The van der Waals surface area contributed by atoms with Crippen LogP contribution in [-0.4, -0.2) is 17.3 Å². The number of hydrogen-bond acceptors (Lipinski definition) is 3. The molecule has 0 amide bonds. The molecule has 2 nitrogen and oxygen atoms in total. The average Bonchev–Trinajstić information content (AvgIpc) is 2.79. The molecule has 0 radical (unpaired) electrons. The number of aliphatic hydroxyl groups is 1. The summed E-state index contributed by atoms with van der Waals surface area (Å²) >= 11 is 5.24. The van der Waals surface area contributed by atoms with Crippen LogP contribution in [0.25, 0.3) is 0 Å². The first-order valence-corrected chi connectivity index (χ1v) is 9.28. The van der Waals surface area contributed by atoms with Crippen LogP contribution >= 0.6 is 27.3 Å². The highest BCUT2D eigenvalue weighted by atomic mass is 79.9. The zero-order chi connectivity index (χ0) is 14.2. The minimum Gasteiger partial charge on any atom is -0.387 e. The first-order valence-electron chi connectivity index (χ1n) is 7.67. The van der Waals surface area contributed by atoms with Crippen molar-refractivity contribution in [2.24, 2.45) is 5.92 Å². The van der Waals surface area contributed by atoms with Crippen molar-refractivity contribution in [1.29, 1.82) is 0 Å². The maximum absolute atomic E-state index is 10.7. The molecule has 2 fully saturated rings. The van der Waals surface area contributed by atoms with Gasteiger partial charge in [-0.25, -0.2) is 0 Å². The van der Waals surface area contributed by atoms with Crippen molar-refractivity contribution in [3.05, 3.63) is 20.3 Å². The molecule has 2 atom stereocenters. The molecule has 1 aromatic rings. The molecule has 0 aromatic carbocycles. The molecule has 3 rings (SSSR count).